The van der Waals surface area contributed by atoms with Gasteiger partial charge in [0, 0.05) is 24.0 Å². The largest absolute Gasteiger partial charge is 0.355 e. The lowest BCUT2D eigenvalue weighted by Gasteiger charge is -2.18. The first-order chi connectivity index (χ1) is 15.2. The van der Waals surface area contributed by atoms with E-state index in [9.17, 15) is 9.59 Å². The van der Waals surface area contributed by atoms with E-state index in [1.54, 1.807) is 0 Å². The number of carbonyl (C=O) groups is 2. The maximum atomic E-state index is 13.0. The van der Waals surface area contributed by atoms with Gasteiger partial charge in [-0.15, -0.1) is 0 Å². The molecule has 5 nitrogen and oxygen atoms in total. The smallest absolute Gasteiger partial charge is 0.267 e. The molecular formula is C26H25N3O2. The average Bonchev–Trinajstić information content (AvgIpc) is 3.25. The van der Waals surface area contributed by atoms with E-state index in [4.69, 9.17) is 0 Å². The van der Waals surface area contributed by atoms with Gasteiger partial charge in [0.15, 0.2) is 0 Å². The van der Waals surface area contributed by atoms with Crippen LogP contribution in [0.2, 0.25) is 0 Å². The Hall–Kier alpha value is -3.86. The Morgan fingerprint density at radius 2 is 1.32 bits per heavy atom. The molecule has 0 aliphatic carbocycles. The third-order valence-electron chi connectivity index (χ3n) is 5.24. The van der Waals surface area contributed by atoms with Crippen molar-refractivity contribution >= 4 is 22.7 Å². The summed E-state index contributed by atoms with van der Waals surface area (Å²) in [6.45, 7) is 0.970. The summed E-state index contributed by atoms with van der Waals surface area (Å²) in [6.07, 6.45) is 0.647. The molecule has 0 aliphatic rings. The van der Waals surface area contributed by atoms with Crippen LogP contribution in [-0.2, 0) is 4.79 Å². The minimum absolute atomic E-state index is 0.0423. The molecule has 0 saturated carbocycles. The number of aromatic amines is 1. The van der Waals surface area contributed by atoms with Crippen LogP contribution in [0.4, 0.5) is 0 Å². The van der Waals surface area contributed by atoms with E-state index in [0.29, 0.717) is 25.2 Å². The van der Waals surface area contributed by atoms with E-state index in [1.807, 2.05) is 91.0 Å². The van der Waals surface area contributed by atoms with Crippen molar-refractivity contribution in [2.24, 2.45) is 0 Å². The van der Waals surface area contributed by atoms with Gasteiger partial charge in [-0.25, -0.2) is 0 Å². The zero-order valence-corrected chi connectivity index (χ0v) is 17.2. The fourth-order valence-corrected chi connectivity index (χ4v) is 3.68. The first kappa shape index (κ1) is 20.4. The van der Waals surface area contributed by atoms with Gasteiger partial charge in [-0.3, -0.25) is 9.59 Å². The molecule has 0 aliphatic heterocycles. The molecule has 0 radical (unpaired) electrons. The van der Waals surface area contributed by atoms with Crippen molar-refractivity contribution in [3.8, 4) is 0 Å². The Morgan fingerprint density at radius 1 is 0.742 bits per heavy atom. The Morgan fingerprint density at radius 3 is 1.97 bits per heavy atom. The molecule has 0 saturated heterocycles. The standard InChI is InChI=1S/C26H25N3O2/c30-25(23-18-21-14-7-8-15-22(21)29-23)27-16-9-17-28-26(31)24(19-10-3-1-4-11-19)20-12-5-2-6-13-20/h1-8,10-15,18,24,29H,9,16-17H2,(H,27,30)(H,28,31). The normalized spacial score (nSPS) is 10.9. The summed E-state index contributed by atoms with van der Waals surface area (Å²) in [6, 6.07) is 29.2. The number of hydrogen-bond donors (Lipinski definition) is 3. The predicted octanol–water partition coefficient (Wildman–Crippen LogP) is 4.24. The monoisotopic (exact) mass is 411 g/mol. The Bertz CT molecular complexity index is 1080. The summed E-state index contributed by atoms with van der Waals surface area (Å²) < 4.78 is 0. The van der Waals surface area contributed by atoms with Crippen LogP contribution >= 0.6 is 0 Å². The molecule has 1 aromatic heterocycles. The Balaban J connectivity index is 1.30. The quantitative estimate of drug-likeness (QED) is 0.380. The minimum atomic E-state index is -0.358. The zero-order valence-electron chi connectivity index (χ0n) is 17.2. The molecule has 31 heavy (non-hydrogen) atoms. The topological polar surface area (TPSA) is 74.0 Å². The highest BCUT2D eigenvalue weighted by molar-refractivity contribution is 5.98. The number of fused-ring (bicyclic) bond motifs is 1. The second kappa shape index (κ2) is 9.76. The number of amides is 2. The molecule has 0 spiro atoms. The van der Waals surface area contributed by atoms with Gasteiger partial charge in [0.2, 0.25) is 5.91 Å². The van der Waals surface area contributed by atoms with Crippen molar-refractivity contribution in [2.75, 3.05) is 13.1 Å². The Labute approximate surface area is 181 Å². The number of carbonyl (C=O) groups excluding carboxylic acids is 2. The van der Waals surface area contributed by atoms with Crippen LogP contribution < -0.4 is 10.6 Å². The SMILES string of the molecule is O=C(NCCCNC(=O)C(c1ccccc1)c1ccccc1)c1cc2ccccc2[nH]1. The maximum Gasteiger partial charge on any atom is 0.267 e. The van der Waals surface area contributed by atoms with Crippen molar-refractivity contribution in [3.63, 3.8) is 0 Å². The van der Waals surface area contributed by atoms with Gasteiger partial charge in [0.05, 0.1) is 5.92 Å². The van der Waals surface area contributed by atoms with Crippen molar-refractivity contribution in [1.29, 1.82) is 0 Å². The number of aromatic nitrogens is 1. The molecule has 4 rings (SSSR count). The average molecular weight is 412 g/mol. The lowest BCUT2D eigenvalue weighted by atomic mass is 9.90. The fourth-order valence-electron chi connectivity index (χ4n) is 3.68. The highest BCUT2D eigenvalue weighted by Gasteiger charge is 2.22. The molecule has 156 valence electrons. The van der Waals surface area contributed by atoms with Crippen molar-refractivity contribution in [2.45, 2.75) is 12.3 Å². The lowest BCUT2D eigenvalue weighted by Crippen LogP contribution is -2.33. The van der Waals surface area contributed by atoms with E-state index >= 15 is 0 Å². The predicted molar refractivity (Wildman–Crippen MR) is 123 cm³/mol. The van der Waals surface area contributed by atoms with Crippen LogP contribution in [0.5, 0.6) is 0 Å². The van der Waals surface area contributed by atoms with E-state index in [1.165, 1.54) is 0 Å². The van der Waals surface area contributed by atoms with Gasteiger partial charge < -0.3 is 15.6 Å². The van der Waals surface area contributed by atoms with Gasteiger partial charge in [-0.05, 0) is 29.7 Å². The molecule has 0 fully saturated rings. The number of hydrogen-bond acceptors (Lipinski definition) is 2. The van der Waals surface area contributed by atoms with Crippen molar-refractivity contribution in [1.82, 2.24) is 15.6 Å². The van der Waals surface area contributed by atoms with Crippen LogP contribution in [0.3, 0.4) is 0 Å². The fraction of sp³-hybridized carbons (Fsp3) is 0.154. The van der Waals surface area contributed by atoms with Crippen LogP contribution in [0.25, 0.3) is 10.9 Å². The minimum Gasteiger partial charge on any atom is -0.355 e. The summed E-state index contributed by atoms with van der Waals surface area (Å²) >= 11 is 0. The maximum absolute atomic E-state index is 13.0. The molecule has 2 amide bonds. The third kappa shape index (κ3) is 5.01. The van der Waals surface area contributed by atoms with Gasteiger partial charge in [-0.2, -0.15) is 0 Å². The first-order valence-corrected chi connectivity index (χ1v) is 10.5. The molecule has 0 unspecified atom stereocenters. The highest BCUT2D eigenvalue weighted by Crippen LogP contribution is 2.24. The van der Waals surface area contributed by atoms with E-state index in [2.05, 4.69) is 15.6 Å². The summed E-state index contributed by atoms with van der Waals surface area (Å²) in [4.78, 5) is 28.4. The molecule has 0 atom stereocenters. The third-order valence-corrected chi connectivity index (χ3v) is 5.24. The summed E-state index contributed by atoms with van der Waals surface area (Å²) in [5, 5.41) is 6.93. The van der Waals surface area contributed by atoms with Crippen LogP contribution in [0, 0.1) is 0 Å². The molecule has 1 heterocycles. The van der Waals surface area contributed by atoms with Crippen LogP contribution in [-0.4, -0.2) is 29.9 Å². The van der Waals surface area contributed by atoms with Gasteiger partial charge in [0.25, 0.3) is 5.91 Å². The van der Waals surface area contributed by atoms with E-state index in [-0.39, 0.29) is 17.7 Å². The number of para-hydroxylation sites is 1. The number of rotatable bonds is 8. The summed E-state index contributed by atoms with van der Waals surface area (Å²) in [7, 11) is 0. The molecular weight excluding hydrogens is 386 g/mol. The highest BCUT2D eigenvalue weighted by atomic mass is 16.2. The summed E-state index contributed by atoms with van der Waals surface area (Å²) in [5.74, 6) is -0.545. The van der Waals surface area contributed by atoms with E-state index in [0.717, 1.165) is 22.0 Å². The summed E-state index contributed by atoms with van der Waals surface area (Å²) in [5.41, 5.74) is 3.39. The number of H-pyrrole nitrogens is 1. The van der Waals surface area contributed by atoms with E-state index < -0.39 is 0 Å². The van der Waals surface area contributed by atoms with Gasteiger partial charge in [0.1, 0.15) is 5.69 Å². The van der Waals surface area contributed by atoms with Gasteiger partial charge >= 0.3 is 0 Å². The zero-order chi connectivity index (χ0) is 21.5. The number of benzene rings is 3. The first-order valence-electron chi connectivity index (χ1n) is 10.5. The van der Waals surface area contributed by atoms with Crippen molar-refractivity contribution in [3.05, 3.63) is 108 Å². The molecule has 4 aromatic rings. The second-order valence-corrected chi connectivity index (χ2v) is 7.43. The molecule has 3 aromatic carbocycles. The van der Waals surface area contributed by atoms with Crippen molar-refractivity contribution < 1.29 is 9.59 Å². The second-order valence-electron chi connectivity index (χ2n) is 7.43. The molecule has 3 N–H and O–H groups in total. The lowest BCUT2D eigenvalue weighted by molar-refractivity contribution is -0.121. The van der Waals surface area contributed by atoms with Gasteiger partial charge in [-0.1, -0.05) is 78.9 Å². The Kier molecular flexibility index (Phi) is 6.43. The number of nitrogens with one attached hydrogen (secondary N) is 3. The van der Waals surface area contributed by atoms with Crippen LogP contribution in [0.15, 0.2) is 91.0 Å². The molecule has 5 heteroatoms. The van der Waals surface area contributed by atoms with Crippen LogP contribution in [0.1, 0.15) is 34.0 Å². The molecule has 0 bridgehead atoms.